The molecule has 4 nitrogen and oxygen atoms in total. The summed E-state index contributed by atoms with van der Waals surface area (Å²) < 4.78 is 19.2. The van der Waals surface area contributed by atoms with E-state index in [2.05, 4.69) is 47.9 Å². The van der Waals surface area contributed by atoms with Crippen molar-refractivity contribution < 1.29 is 31.2 Å². The van der Waals surface area contributed by atoms with Gasteiger partial charge in [-0.15, -0.1) is 0 Å². The van der Waals surface area contributed by atoms with Gasteiger partial charge in [-0.25, -0.2) is 4.58 Å². The van der Waals surface area contributed by atoms with Crippen LogP contribution in [0, 0.1) is 0 Å². The second-order valence-electron chi connectivity index (χ2n) is 9.41. The zero-order valence-electron chi connectivity index (χ0n) is 22.2. The first-order valence-corrected chi connectivity index (χ1v) is 13.2. The number of ether oxygens (including phenoxy) is 3. The molecule has 1 aliphatic rings. The molecule has 0 bridgehead atoms. The Bertz CT molecular complexity index is 924. The topological polar surface area (TPSA) is 30.7 Å². The Balaban J connectivity index is 0.00000432. The molecule has 3 rings (SSSR count). The standard InChI is InChI=1S/C30H44NO3.ClH/c1-5-6-7-8-9-10-11-12-13-14-28-27-22-30(34-4)29(33-3)21-25(27)19-20-31(28)23-24-15-17-26(32-2)18-16-24;/h15-18,21-22H,5-14,19-20,23H2,1-4H3;1H/q+1;/p-1. The fourth-order valence-electron chi connectivity index (χ4n) is 4.98. The summed E-state index contributed by atoms with van der Waals surface area (Å²) >= 11 is 0. The van der Waals surface area contributed by atoms with Gasteiger partial charge in [0.2, 0.25) is 0 Å². The maximum absolute atomic E-state index is 5.66. The Morgan fingerprint density at radius 3 is 1.94 bits per heavy atom. The predicted molar refractivity (Wildman–Crippen MR) is 141 cm³/mol. The molecule has 194 valence electrons. The van der Waals surface area contributed by atoms with Crippen molar-refractivity contribution in [1.82, 2.24) is 0 Å². The number of rotatable bonds is 15. The molecule has 35 heavy (non-hydrogen) atoms. The zero-order valence-corrected chi connectivity index (χ0v) is 23.0. The Labute approximate surface area is 219 Å². The number of hydrogen-bond acceptors (Lipinski definition) is 3. The van der Waals surface area contributed by atoms with E-state index in [0.717, 1.165) is 43.2 Å². The highest BCUT2D eigenvalue weighted by Gasteiger charge is 2.27. The van der Waals surface area contributed by atoms with E-state index in [0.29, 0.717) is 0 Å². The molecule has 0 spiro atoms. The maximum Gasteiger partial charge on any atom is 0.184 e. The molecule has 0 unspecified atom stereocenters. The SMILES string of the molecule is CCCCCCCCCCCC1=[N+](Cc2ccc(OC)cc2)CCc2cc(OC)c(OC)cc21.[Cl-]. The summed E-state index contributed by atoms with van der Waals surface area (Å²) in [6.45, 7) is 4.23. The van der Waals surface area contributed by atoms with E-state index < -0.39 is 0 Å². The smallest absolute Gasteiger partial charge is 0.184 e. The Hall–Kier alpha value is -2.20. The van der Waals surface area contributed by atoms with Gasteiger partial charge < -0.3 is 26.6 Å². The molecule has 2 aromatic carbocycles. The van der Waals surface area contributed by atoms with Gasteiger partial charge in [0.15, 0.2) is 23.8 Å². The molecule has 0 N–H and O–H groups in total. The molecule has 0 saturated heterocycles. The molecule has 0 aromatic heterocycles. The van der Waals surface area contributed by atoms with Gasteiger partial charge >= 0.3 is 0 Å². The van der Waals surface area contributed by atoms with Gasteiger partial charge in [-0.3, -0.25) is 0 Å². The molecule has 0 radical (unpaired) electrons. The van der Waals surface area contributed by atoms with E-state index in [-0.39, 0.29) is 12.4 Å². The van der Waals surface area contributed by atoms with Crippen molar-refractivity contribution in [1.29, 1.82) is 0 Å². The van der Waals surface area contributed by atoms with E-state index in [1.54, 1.807) is 21.3 Å². The average Bonchev–Trinajstić information content (AvgIpc) is 2.88. The molecule has 2 aromatic rings. The quantitative estimate of drug-likeness (QED) is 0.271. The van der Waals surface area contributed by atoms with Crippen molar-refractivity contribution in [3.63, 3.8) is 0 Å². The van der Waals surface area contributed by atoms with Gasteiger partial charge in [0.25, 0.3) is 0 Å². The molecule has 0 amide bonds. The summed E-state index contributed by atoms with van der Waals surface area (Å²) in [5.74, 6) is 2.55. The third-order valence-electron chi connectivity index (χ3n) is 7.00. The van der Waals surface area contributed by atoms with Gasteiger partial charge in [-0.05, 0) is 48.4 Å². The molecule has 0 atom stereocenters. The molecule has 1 heterocycles. The Morgan fingerprint density at radius 1 is 0.743 bits per heavy atom. The van der Waals surface area contributed by atoms with E-state index in [1.807, 2.05) is 0 Å². The number of halogens is 1. The van der Waals surface area contributed by atoms with Crippen molar-refractivity contribution in [2.75, 3.05) is 27.9 Å². The van der Waals surface area contributed by atoms with E-state index in [4.69, 9.17) is 14.2 Å². The highest BCUT2D eigenvalue weighted by atomic mass is 35.5. The highest BCUT2D eigenvalue weighted by molar-refractivity contribution is 5.99. The van der Waals surface area contributed by atoms with Gasteiger partial charge in [0.05, 0.1) is 21.3 Å². The third kappa shape index (κ3) is 8.45. The minimum Gasteiger partial charge on any atom is -1.00 e. The predicted octanol–water partition coefficient (Wildman–Crippen LogP) is 4.20. The second-order valence-corrected chi connectivity index (χ2v) is 9.41. The normalized spacial score (nSPS) is 12.7. The molecular formula is C30H44ClNO3. The first-order valence-electron chi connectivity index (χ1n) is 13.2. The number of fused-ring (bicyclic) bond motifs is 1. The van der Waals surface area contributed by atoms with Crippen LogP contribution in [0.5, 0.6) is 17.2 Å². The molecule has 5 heteroatoms. The molecule has 0 aliphatic carbocycles. The molecule has 1 aliphatic heterocycles. The van der Waals surface area contributed by atoms with E-state index in [1.165, 1.54) is 80.2 Å². The number of nitrogens with zero attached hydrogens (tertiary/aromatic N) is 1. The zero-order chi connectivity index (χ0) is 24.2. The fraction of sp³-hybridized carbons (Fsp3) is 0.567. The molecule has 0 fully saturated rings. The largest absolute Gasteiger partial charge is 1.00 e. The van der Waals surface area contributed by atoms with Crippen LogP contribution in [0.15, 0.2) is 36.4 Å². The average molecular weight is 502 g/mol. The minimum atomic E-state index is 0. The fourth-order valence-corrected chi connectivity index (χ4v) is 4.98. The first-order chi connectivity index (χ1) is 16.7. The number of methoxy groups -OCH3 is 3. The molecular weight excluding hydrogens is 458 g/mol. The number of hydrogen-bond donors (Lipinski definition) is 0. The van der Waals surface area contributed by atoms with E-state index in [9.17, 15) is 0 Å². The van der Waals surface area contributed by atoms with Crippen LogP contribution in [0.25, 0.3) is 0 Å². The van der Waals surface area contributed by atoms with Gasteiger partial charge in [0, 0.05) is 24.0 Å². The first kappa shape index (κ1) is 29.0. The van der Waals surface area contributed by atoms with Crippen LogP contribution >= 0.6 is 0 Å². The van der Waals surface area contributed by atoms with Crippen LogP contribution in [-0.2, 0) is 13.0 Å². The lowest BCUT2D eigenvalue weighted by atomic mass is 9.92. The summed E-state index contributed by atoms with van der Waals surface area (Å²) in [6, 6.07) is 12.8. The number of unbranched alkanes of at least 4 members (excludes halogenated alkanes) is 8. The van der Waals surface area contributed by atoms with Crippen molar-refractivity contribution in [2.24, 2.45) is 0 Å². The number of benzene rings is 2. The van der Waals surface area contributed by atoms with Crippen molar-refractivity contribution in [3.8, 4) is 17.2 Å². The van der Waals surface area contributed by atoms with Crippen molar-refractivity contribution in [2.45, 2.75) is 84.1 Å². The van der Waals surface area contributed by atoms with Crippen LogP contribution in [0.4, 0.5) is 0 Å². The van der Waals surface area contributed by atoms with Crippen LogP contribution in [-0.4, -0.2) is 38.2 Å². The minimum absolute atomic E-state index is 0. The van der Waals surface area contributed by atoms with Gasteiger partial charge in [0.1, 0.15) is 12.3 Å². The van der Waals surface area contributed by atoms with Crippen LogP contribution < -0.4 is 26.6 Å². The van der Waals surface area contributed by atoms with Crippen LogP contribution in [0.3, 0.4) is 0 Å². The second kappa shape index (κ2) is 15.7. The van der Waals surface area contributed by atoms with Gasteiger partial charge in [-0.2, -0.15) is 0 Å². The summed E-state index contributed by atoms with van der Waals surface area (Å²) in [5, 5.41) is 0. The molecule has 0 saturated carbocycles. The monoisotopic (exact) mass is 501 g/mol. The summed E-state index contributed by atoms with van der Waals surface area (Å²) in [6.07, 6.45) is 14.3. The van der Waals surface area contributed by atoms with Gasteiger partial charge in [-0.1, -0.05) is 58.3 Å². The summed E-state index contributed by atoms with van der Waals surface area (Å²) in [5.41, 5.74) is 5.46. The van der Waals surface area contributed by atoms with Crippen LogP contribution in [0.1, 0.15) is 87.8 Å². The third-order valence-corrected chi connectivity index (χ3v) is 7.00. The summed E-state index contributed by atoms with van der Waals surface area (Å²) in [4.78, 5) is 0. The Kier molecular flexibility index (Phi) is 13.0. The lowest BCUT2D eigenvalue weighted by Gasteiger charge is -2.21. The lowest BCUT2D eigenvalue weighted by Crippen LogP contribution is -3.00. The van der Waals surface area contributed by atoms with Crippen molar-refractivity contribution in [3.05, 3.63) is 53.1 Å². The highest BCUT2D eigenvalue weighted by Crippen LogP contribution is 2.33. The maximum atomic E-state index is 5.66. The van der Waals surface area contributed by atoms with Crippen LogP contribution in [0.2, 0.25) is 0 Å². The Morgan fingerprint density at radius 2 is 1.34 bits per heavy atom. The summed E-state index contributed by atoms with van der Waals surface area (Å²) in [7, 11) is 5.16. The lowest BCUT2D eigenvalue weighted by molar-refractivity contribution is -0.545. The van der Waals surface area contributed by atoms with E-state index >= 15 is 0 Å². The van der Waals surface area contributed by atoms with Crippen molar-refractivity contribution >= 4 is 5.71 Å².